The normalized spacial score (nSPS) is 15.5. The maximum Gasteiger partial charge on any atom is 0.332 e. The number of carbonyl (C=O) groups excluding carboxylic acids is 2. The van der Waals surface area contributed by atoms with E-state index in [4.69, 9.17) is 4.74 Å². The Morgan fingerprint density at radius 1 is 1.19 bits per heavy atom. The number of hydrogen-bond donors (Lipinski definition) is 1. The lowest BCUT2D eigenvalue weighted by Crippen LogP contribution is -2.38. The number of rotatable bonds is 5. The highest BCUT2D eigenvalue weighted by Gasteiger charge is 2.22. The minimum Gasteiger partial charge on any atom is -0.454 e. The molecule has 0 saturated carbocycles. The molecule has 0 spiro atoms. The summed E-state index contributed by atoms with van der Waals surface area (Å²) in [5, 5.41) is 2.92. The van der Waals surface area contributed by atoms with Crippen LogP contribution in [0.15, 0.2) is 40.2 Å². The molecule has 1 amide bonds. The average Bonchev–Trinajstić information content (AvgIpc) is 3.18. The molecule has 10 nitrogen and oxygen atoms in total. The molecule has 2 heterocycles. The van der Waals surface area contributed by atoms with Gasteiger partial charge in [0, 0.05) is 14.1 Å². The fourth-order valence-corrected chi connectivity index (χ4v) is 3.99. The monoisotopic (exact) mass is 425 g/mol. The molecule has 2 aromatic heterocycles. The molecule has 1 aliphatic carbocycles. The van der Waals surface area contributed by atoms with Crippen LogP contribution in [0.4, 0.5) is 0 Å². The Labute approximate surface area is 177 Å². The van der Waals surface area contributed by atoms with Crippen LogP contribution in [0.25, 0.3) is 11.2 Å². The number of fused-ring (bicyclic) bond motifs is 2. The third-order valence-electron chi connectivity index (χ3n) is 5.59. The SMILES string of the molecule is Cn1c(=O)c2c(ncn2CC(=O)OCC(=O)N[C@@H]2CCCc3ccccc32)n(C)c1=O. The number of imidazole rings is 1. The standard InChI is InChI=1S/C21H23N5O5/c1-24-19-18(20(29)25(2)21(24)30)26(12-22-19)10-17(28)31-11-16(27)23-15-9-5-7-13-6-3-4-8-14(13)15/h3-4,6,8,12,15H,5,7,9-11H2,1-2H3,(H,23,27)/t15-/m1/s1. The van der Waals surface area contributed by atoms with Gasteiger partial charge >= 0.3 is 11.7 Å². The van der Waals surface area contributed by atoms with Gasteiger partial charge in [0.15, 0.2) is 17.8 Å². The number of aromatic nitrogens is 4. The van der Waals surface area contributed by atoms with Crippen LogP contribution in [-0.4, -0.2) is 37.2 Å². The molecule has 31 heavy (non-hydrogen) atoms. The van der Waals surface area contributed by atoms with Gasteiger partial charge < -0.3 is 14.6 Å². The molecule has 0 fully saturated rings. The van der Waals surface area contributed by atoms with Crippen molar-refractivity contribution in [2.24, 2.45) is 14.1 Å². The molecule has 1 atom stereocenters. The summed E-state index contributed by atoms with van der Waals surface area (Å²) in [6.45, 7) is -0.718. The lowest BCUT2D eigenvalue weighted by Gasteiger charge is -2.26. The predicted molar refractivity (Wildman–Crippen MR) is 111 cm³/mol. The van der Waals surface area contributed by atoms with Crippen molar-refractivity contribution in [2.45, 2.75) is 31.8 Å². The minimum atomic E-state index is -0.686. The third kappa shape index (κ3) is 3.88. The maximum atomic E-state index is 12.4. The van der Waals surface area contributed by atoms with Crippen LogP contribution >= 0.6 is 0 Å². The highest BCUT2D eigenvalue weighted by Crippen LogP contribution is 2.29. The van der Waals surface area contributed by atoms with E-state index in [0.717, 1.165) is 29.4 Å². The van der Waals surface area contributed by atoms with E-state index in [0.29, 0.717) is 0 Å². The Kier molecular flexibility index (Phi) is 5.45. The third-order valence-corrected chi connectivity index (χ3v) is 5.59. The Balaban J connectivity index is 1.40. The zero-order chi connectivity index (χ0) is 22.1. The van der Waals surface area contributed by atoms with Crippen LogP contribution in [0, 0.1) is 0 Å². The Morgan fingerprint density at radius 2 is 1.97 bits per heavy atom. The average molecular weight is 425 g/mol. The first-order chi connectivity index (χ1) is 14.9. The largest absolute Gasteiger partial charge is 0.454 e. The molecule has 4 rings (SSSR count). The quantitative estimate of drug-likeness (QED) is 0.583. The van der Waals surface area contributed by atoms with Gasteiger partial charge in [-0.3, -0.25) is 23.5 Å². The molecule has 0 radical (unpaired) electrons. The number of nitrogens with one attached hydrogen (secondary N) is 1. The van der Waals surface area contributed by atoms with E-state index in [9.17, 15) is 19.2 Å². The lowest BCUT2D eigenvalue weighted by atomic mass is 9.88. The minimum absolute atomic E-state index is 0.0990. The van der Waals surface area contributed by atoms with Gasteiger partial charge in [0.05, 0.1) is 12.4 Å². The van der Waals surface area contributed by atoms with E-state index in [1.54, 1.807) is 0 Å². The van der Waals surface area contributed by atoms with Gasteiger partial charge in [0.2, 0.25) is 0 Å². The number of ether oxygens (including phenoxy) is 1. The van der Waals surface area contributed by atoms with Gasteiger partial charge in [0.1, 0.15) is 6.54 Å². The van der Waals surface area contributed by atoms with Crippen LogP contribution in [0.2, 0.25) is 0 Å². The van der Waals surface area contributed by atoms with Crippen LogP contribution in [-0.2, 0) is 41.4 Å². The summed E-state index contributed by atoms with van der Waals surface area (Å²) in [5.74, 6) is -1.07. The van der Waals surface area contributed by atoms with Crippen LogP contribution < -0.4 is 16.6 Å². The molecular weight excluding hydrogens is 402 g/mol. The van der Waals surface area contributed by atoms with Crippen molar-refractivity contribution in [1.29, 1.82) is 0 Å². The smallest absolute Gasteiger partial charge is 0.332 e. The van der Waals surface area contributed by atoms with Crippen molar-refractivity contribution in [3.05, 3.63) is 62.6 Å². The topological polar surface area (TPSA) is 117 Å². The van der Waals surface area contributed by atoms with E-state index in [-0.39, 0.29) is 29.7 Å². The summed E-state index contributed by atoms with van der Waals surface area (Å²) < 4.78 is 8.59. The second-order valence-electron chi connectivity index (χ2n) is 7.62. The molecule has 162 valence electrons. The first-order valence-electron chi connectivity index (χ1n) is 10.0. The molecule has 0 aliphatic heterocycles. The van der Waals surface area contributed by atoms with Crippen molar-refractivity contribution in [3.63, 3.8) is 0 Å². The highest BCUT2D eigenvalue weighted by atomic mass is 16.5. The molecule has 0 saturated heterocycles. The van der Waals surface area contributed by atoms with Crippen LogP contribution in [0.1, 0.15) is 30.0 Å². The molecular formula is C21H23N5O5. The second-order valence-corrected chi connectivity index (χ2v) is 7.62. The van der Waals surface area contributed by atoms with E-state index < -0.39 is 23.8 Å². The molecule has 1 aromatic carbocycles. The zero-order valence-electron chi connectivity index (χ0n) is 17.3. The predicted octanol–water partition coefficient (Wildman–Crippen LogP) is 0.171. The van der Waals surface area contributed by atoms with Gasteiger partial charge in [-0.05, 0) is 30.4 Å². The van der Waals surface area contributed by atoms with Crippen molar-refractivity contribution < 1.29 is 14.3 Å². The van der Waals surface area contributed by atoms with Gasteiger partial charge in [-0.1, -0.05) is 24.3 Å². The molecule has 0 unspecified atom stereocenters. The van der Waals surface area contributed by atoms with Crippen LogP contribution in [0.3, 0.4) is 0 Å². The van der Waals surface area contributed by atoms with E-state index in [1.807, 2.05) is 18.2 Å². The Hall–Kier alpha value is -3.69. The van der Waals surface area contributed by atoms with E-state index in [1.165, 1.54) is 35.1 Å². The number of aryl methyl sites for hydroxylation is 2. The number of amides is 1. The van der Waals surface area contributed by atoms with Gasteiger partial charge in [0.25, 0.3) is 11.5 Å². The summed E-state index contributed by atoms with van der Waals surface area (Å²) in [5.41, 5.74) is 1.54. The zero-order valence-corrected chi connectivity index (χ0v) is 17.3. The lowest BCUT2D eigenvalue weighted by molar-refractivity contribution is -0.149. The number of esters is 1. The number of hydrogen-bond acceptors (Lipinski definition) is 6. The summed E-state index contributed by atoms with van der Waals surface area (Å²) in [7, 11) is 2.85. The molecule has 10 heteroatoms. The number of carbonyl (C=O) groups is 2. The number of benzene rings is 1. The van der Waals surface area contributed by atoms with Crippen molar-refractivity contribution in [3.8, 4) is 0 Å². The molecule has 3 aromatic rings. The maximum absolute atomic E-state index is 12.4. The fourth-order valence-electron chi connectivity index (χ4n) is 3.99. The summed E-state index contributed by atoms with van der Waals surface area (Å²) >= 11 is 0. The fraction of sp³-hybridized carbons (Fsp3) is 0.381. The number of nitrogens with zero attached hydrogens (tertiary/aromatic N) is 4. The molecule has 1 aliphatic rings. The molecule has 1 N–H and O–H groups in total. The van der Waals surface area contributed by atoms with Crippen molar-refractivity contribution in [1.82, 2.24) is 24.0 Å². The summed E-state index contributed by atoms with van der Waals surface area (Å²) in [6, 6.07) is 7.89. The summed E-state index contributed by atoms with van der Waals surface area (Å²) in [6.07, 6.45) is 4.10. The second kappa shape index (κ2) is 8.21. The van der Waals surface area contributed by atoms with Crippen molar-refractivity contribution in [2.75, 3.05) is 6.61 Å². The Bertz CT molecular complexity index is 1290. The van der Waals surface area contributed by atoms with Gasteiger partial charge in [-0.15, -0.1) is 0 Å². The van der Waals surface area contributed by atoms with Gasteiger partial charge in [-0.2, -0.15) is 0 Å². The van der Waals surface area contributed by atoms with Gasteiger partial charge in [-0.25, -0.2) is 9.78 Å². The van der Waals surface area contributed by atoms with Crippen LogP contribution in [0.5, 0.6) is 0 Å². The molecule has 0 bridgehead atoms. The first kappa shape index (κ1) is 20.6. The Morgan fingerprint density at radius 3 is 2.77 bits per heavy atom. The van der Waals surface area contributed by atoms with E-state index >= 15 is 0 Å². The van der Waals surface area contributed by atoms with Crippen molar-refractivity contribution >= 4 is 23.0 Å². The van der Waals surface area contributed by atoms with E-state index in [2.05, 4.69) is 16.4 Å². The summed E-state index contributed by atoms with van der Waals surface area (Å²) in [4.78, 5) is 53.1. The highest BCUT2D eigenvalue weighted by molar-refractivity contribution is 5.81. The first-order valence-corrected chi connectivity index (χ1v) is 10.0.